The molecule has 2 aromatic carbocycles. The quantitative estimate of drug-likeness (QED) is 0.492. The van der Waals surface area contributed by atoms with Gasteiger partial charge in [-0.25, -0.2) is 14.0 Å². The van der Waals surface area contributed by atoms with Gasteiger partial charge in [0.15, 0.2) is 5.79 Å². The number of rotatable bonds is 4. The van der Waals surface area contributed by atoms with Gasteiger partial charge in [0.1, 0.15) is 6.33 Å². The largest absolute Gasteiger partial charge is 0.495 e. The third-order valence-electron chi connectivity index (χ3n) is 8.53. The van der Waals surface area contributed by atoms with Crippen molar-refractivity contribution in [3.8, 4) is 16.8 Å². The molecule has 9 nitrogen and oxygen atoms in total. The SMILES string of the molecule is Cn1ncn(-c2ccc(B3OC(C)(C)C(C)(C)O3)c(-c3ccc(N4CCC5(CC4)OCCO5)cc3)c2)c1=O. The number of hydrogen-bond donors (Lipinski definition) is 0. The predicted molar refractivity (Wildman–Crippen MR) is 146 cm³/mol. The lowest BCUT2D eigenvalue weighted by Gasteiger charge is -2.38. The Balaban J connectivity index is 1.33. The summed E-state index contributed by atoms with van der Waals surface area (Å²) in [7, 11) is 1.11. The standard InChI is InChI=1S/C28H35BN4O5/c1-26(2)27(3,4)38-29(37-26)24-11-10-22(33-19-30-31(5)25(33)34)18-23(24)20-6-8-21(9-7-20)32-14-12-28(13-15-32)35-16-17-36-28/h6-11,18-19H,12-17H2,1-5H3. The van der Waals surface area contributed by atoms with Crippen molar-refractivity contribution in [3.63, 3.8) is 0 Å². The van der Waals surface area contributed by atoms with E-state index in [4.69, 9.17) is 18.8 Å². The van der Waals surface area contributed by atoms with Crippen molar-refractivity contribution in [1.82, 2.24) is 14.3 Å². The Morgan fingerprint density at radius 1 is 0.868 bits per heavy atom. The summed E-state index contributed by atoms with van der Waals surface area (Å²) >= 11 is 0. The van der Waals surface area contributed by atoms with Gasteiger partial charge in [-0.2, -0.15) is 5.10 Å². The Morgan fingerprint density at radius 2 is 1.47 bits per heavy atom. The Kier molecular flexibility index (Phi) is 6.06. The van der Waals surface area contributed by atoms with Crippen molar-refractivity contribution in [2.45, 2.75) is 57.5 Å². The highest BCUT2D eigenvalue weighted by Gasteiger charge is 2.52. The van der Waals surface area contributed by atoms with E-state index >= 15 is 0 Å². The van der Waals surface area contributed by atoms with Gasteiger partial charge in [0, 0.05) is 38.7 Å². The second-order valence-corrected chi connectivity index (χ2v) is 11.4. The molecule has 0 atom stereocenters. The van der Waals surface area contributed by atoms with Crippen LogP contribution in [0.4, 0.5) is 5.69 Å². The molecule has 10 heteroatoms. The number of benzene rings is 2. The number of anilines is 1. The summed E-state index contributed by atoms with van der Waals surface area (Å²) < 4.78 is 27.5. The number of hydrogen-bond acceptors (Lipinski definition) is 7. The van der Waals surface area contributed by atoms with E-state index in [-0.39, 0.29) is 11.5 Å². The van der Waals surface area contributed by atoms with E-state index in [0.717, 1.165) is 48.2 Å². The van der Waals surface area contributed by atoms with Crippen LogP contribution < -0.4 is 16.1 Å². The van der Waals surface area contributed by atoms with Crippen molar-refractivity contribution in [2.75, 3.05) is 31.2 Å². The summed E-state index contributed by atoms with van der Waals surface area (Å²) in [5, 5.41) is 4.12. The van der Waals surface area contributed by atoms with Crippen LogP contribution in [-0.4, -0.2) is 64.8 Å². The molecule has 38 heavy (non-hydrogen) atoms. The Labute approximate surface area is 223 Å². The fourth-order valence-corrected chi connectivity index (χ4v) is 5.42. The average Bonchev–Trinajstić information content (AvgIpc) is 3.55. The summed E-state index contributed by atoms with van der Waals surface area (Å²) in [5.41, 5.74) is 3.67. The van der Waals surface area contributed by atoms with Crippen LogP contribution in [0, 0.1) is 0 Å². The van der Waals surface area contributed by atoms with Gasteiger partial charge in [0.05, 0.1) is 30.1 Å². The fourth-order valence-electron chi connectivity index (χ4n) is 5.42. The van der Waals surface area contributed by atoms with Crippen LogP contribution in [0.25, 0.3) is 16.8 Å². The van der Waals surface area contributed by atoms with Gasteiger partial charge in [-0.05, 0) is 68.6 Å². The van der Waals surface area contributed by atoms with Crippen LogP contribution in [0.1, 0.15) is 40.5 Å². The first-order valence-corrected chi connectivity index (χ1v) is 13.3. The first-order chi connectivity index (χ1) is 18.1. The van der Waals surface area contributed by atoms with Crippen molar-refractivity contribution < 1.29 is 18.8 Å². The lowest BCUT2D eigenvalue weighted by molar-refractivity contribution is -0.169. The Bertz CT molecular complexity index is 1360. The minimum Gasteiger partial charge on any atom is -0.399 e. The summed E-state index contributed by atoms with van der Waals surface area (Å²) in [6.07, 6.45) is 3.27. The normalized spacial score (nSPS) is 21.9. The second kappa shape index (κ2) is 9.08. The van der Waals surface area contributed by atoms with Gasteiger partial charge in [-0.3, -0.25) is 0 Å². The van der Waals surface area contributed by atoms with Crippen LogP contribution in [-0.2, 0) is 25.8 Å². The van der Waals surface area contributed by atoms with Gasteiger partial charge in [0.25, 0.3) is 0 Å². The van der Waals surface area contributed by atoms with E-state index < -0.39 is 18.3 Å². The first-order valence-electron chi connectivity index (χ1n) is 13.3. The van der Waals surface area contributed by atoms with E-state index in [1.54, 1.807) is 17.9 Å². The molecule has 200 valence electrons. The summed E-state index contributed by atoms with van der Waals surface area (Å²) in [5.74, 6) is -0.390. The van der Waals surface area contributed by atoms with E-state index in [0.29, 0.717) is 13.2 Å². The molecule has 1 aromatic heterocycles. The molecule has 0 bridgehead atoms. The van der Waals surface area contributed by atoms with Crippen LogP contribution in [0.5, 0.6) is 0 Å². The average molecular weight is 518 g/mol. The lowest BCUT2D eigenvalue weighted by atomic mass is 9.74. The minimum absolute atomic E-state index is 0.201. The van der Waals surface area contributed by atoms with E-state index in [9.17, 15) is 4.79 Å². The molecule has 3 saturated heterocycles. The Morgan fingerprint density at radius 3 is 2.05 bits per heavy atom. The zero-order valence-electron chi connectivity index (χ0n) is 22.8. The number of ether oxygens (including phenoxy) is 2. The molecule has 3 fully saturated rings. The zero-order valence-corrected chi connectivity index (χ0v) is 22.8. The zero-order chi connectivity index (χ0) is 26.7. The molecule has 3 aliphatic rings. The van der Waals surface area contributed by atoms with Crippen LogP contribution in [0.15, 0.2) is 53.6 Å². The van der Waals surface area contributed by atoms with Gasteiger partial charge in [-0.15, -0.1) is 0 Å². The number of nitrogens with zero attached hydrogens (tertiary/aromatic N) is 4. The van der Waals surface area contributed by atoms with Gasteiger partial charge in [-0.1, -0.05) is 18.2 Å². The molecule has 3 aliphatic heterocycles. The highest BCUT2D eigenvalue weighted by Crippen LogP contribution is 2.38. The molecule has 1 spiro atoms. The minimum atomic E-state index is -0.529. The number of piperidine rings is 1. The van der Waals surface area contributed by atoms with Gasteiger partial charge < -0.3 is 23.7 Å². The van der Waals surface area contributed by atoms with Gasteiger partial charge in [0.2, 0.25) is 0 Å². The molecule has 0 radical (unpaired) electrons. The summed E-state index contributed by atoms with van der Waals surface area (Å²) in [4.78, 5) is 15.0. The second-order valence-electron chi connectivity index (χ2n) is 11.4. The number of aromatic nitrogens is 3. The molecule has 0 amide bonds. The molecule has 0 saturated carbocycles. The molecule has 3 aromatic rings. The molecular formula is C28H35BN4O5. The molecule has 6 rings (SSSR count). The smallest absolute Gasteiger partial charge is 0.399 e. The topological polar surface area (TPSA) is 80.0 Å². The molecule has 0 aliphatic carbocycles. The third-order valence-corrected chi connectivity index (χ3v) is 8.53. The van der Waals surface area contributed by atoms with Crippen molar-refractivity contribution in [2.24, 2.45) is 7.05 Å². The maximum absolute atomic E-state index is 12.6. The third kappa shape index (κ3) is 4.29. The molecule has 0 unspecified atom stereocenters. The molecule has 4 heterocycles. The lowest BCUT2D eigenvalue weighted by Crippen LogP contribution is -2.45. The van der Waals surface area contributed by atoms with Crippen molar-refractivity contribution in [3.05, 3.63) is 59.3 Å². The predicted octanol–water partition coefficient (Wildman–Crippen LogP) is 2.88. The molecule has 0 N–H and O–H groups in total. The monoisotopic (exact) mass is 518 g/mol. The number of aryl methyl sites for hydroxylation is 1. The maximum Gasteiger partial charge on any atom is 0.495 e. The van der Waals surface area contributed by atoms with Gasteiger partial charge >= 0.3 is 12.8 Å². The summed E-state index contributed by atoms with van der Waals surface area (Å²) in [6, 6.07) is 14.5. The van der Waals surface area contributed by atoms with Crippen LogP contribution in [0.2, 0.25) is 0 Å². The van der Waals surface area contributed by atoms with Crippen molar-refractivity contribution >= 4 is 18.3 Å². The fraction of sp³-hybridized carbons (Fsp3) is 0.500. The van der Waals surface area contributed by atoms with Crippen LogP contribution in [0.3, 0.4) is 0 Å². The maximum atomic E-state index is 12.6. The first kappa shape index (κ1) is 25.4. The molecular weight excluding hydrogens is 483 g/mol. The van der Waals surface area contributed by atoms with Crippen molar-refractivity contribution in [1.29, 1.82) is 0 Å². The summed E-state index contributed by atoms with van der Waals surface area (Å²) in [6.45, 7) is 11.3. The van der Waals surface area contributed by atoms with E-state index in [1.165, 1.54) is 10.4 Å². The highest BCUT2D eigenvalue weighted by molar-refractivity contribution is 6.64. The highest BCUT2D eigenvalue weighted by atomic mass is 16.7. The van der Waals surface area contributed by atoms with Crippen LogP contribution >= 0.6 is 0 Å². The Hall–Kier alpha value is -2.92. The van der Waals surface area contributed by atoms with E-state index in [2.05, 4.69) is 62.0 Å². The van der Waals surface area contributed by atoms with E-state index in [1.807, 2.05) is 18.2 Å².